The van der Waals surface area contributed by atoms with Gasteiger partial charge in [0.1, 0.15) is 0 Å². The number of nitrogens with one attached hydrogen (secondary N) is 2. The molecule has 0 aromatic rings. The van der Waals surface area contributed by atoms with Crippen LogP contribution in [0.3, 0.4) is 0 Å². The van der Waals surface area contributed by atoms with Gasteiger partial charge in [-0.3, -0.25) is 4.79 Å². The Kier molecular flexibility index (Phi) is 6.11. The first-order chi connectivity index (χ1) is 9.25. The van der Waals surface area contributed by atoms with Gasteiger partial charge in [-0.15, -0.1) is 0 Å². The molecule has 2 N–H and O–H groups in total. The van der Waals surface area contributed by atoms with E-state index < -0.39 is 0 Å². The normalized spacial score (nSPS) is 28.5. The van der Waals surface area contributed by atoms with E-state index in [9.17, 15) is 4.79 Å². The monoisotopic (exact) mass is 267 g/mol. The Morgan fingerprint density at radius 1 is 1.32 bits per heavy atom. The molecule has 19 heavy (non-hydrogen) atoms. The average molecular weight is 267 g/mol. The molecule has 1 amide bonds. The van der Waals surface area contributed by atoms with Gasteiger partial charge in [-0.1, -0.05) is 6.42 Å². The maximum Gasteiger partial charge on any atom is 0.221 e. The number of hydrogen-bond donors (Lipinski definition) is 2. The minimum absolute atomic E-state index is 0.214. The zero-order valence-electron chi connectivity index (χ0n) is 12.3. The fraction of sp³-hybridized carbons (Fsp3) is 0.933. The predicted octanol–water partition coefficient (Wildman–Crippen LogP) is 1.51. The van der Waals surface area contributed by atoms with Gasteiger partial charge in [0.05, 0.1) is 0 Å². The van der Waals surface area contributed by atoms with E-state index in [1.165, 1.54) is 32.2 Å². The summed E-state index contributed by atoms with van der Waals surface area (Å²) in [6.07, 6.45) is 8.14. The molecule has 0 spiro atoms. The van der Waals surface area contributed by atoms with Crippen LogP contribution in [0.5, 0.6) is 0 Å². The number of carbonyl (C=O) groups excluding carboxylic acids is 1. The fourth-order valence-corrected chi connectivity index (χ4v) is 3.23. The van der Waals surface area contributed by atoms with E-state index in [4.69, 9.17) is 0 Å². The van der Waals surface area contributed by atoms with Crippen LogP contribution in [0.4, 0.5) is 0 Å². The molecule has 2 unspecified atom stereocenters. The summed E-state index contributed by atoms with van der Waals surface area (Å²) in [5.41, 5.74) is 0. The third-order valence-corrected chi connectivity index (χ3v) is 4.48. The molecule has 2 aliphatic heterocycles. The van der Waals surface area contributed by atoms with Crippen molar-refractivity contribution in [1.29, 1.82) is 0 Å². The van der Waals surface area contributed by atoms with E-state index in [0.29, 0.717) is 12.5 Å². The number of rotatable bonds is 6. The first-order valence-electron chi connectivity index (χ1n) is 8.00. The van der Waals surface area contributed by atoms with Crippen LogP contribution in [0, 0.1) is 0 Å². The van der Waals surface area contributed by atoms with E-state index in [1.54, 1.807) is 0 Å². The van der Waals surface area contributed by atoms with Gasteiger partial charge in [0.25, 0.3) is 0 Å². The first kappa shape index (κ1) is 14.8. The third-order valence-electron chi connectivity index (χ3n) is 4.48. The van der Waals surface area contributed by atoms with Crippen molar-refractivity contribution in [3.63, 3.8) is 0 Å². The maximum atomic E-state index is 11.7. The summed E-state index contributed by atoms with van der Waals surface area (Å²) >= 11 is 0. The molecule has 2 aliphatic rings. The lowest BCUT2D eigenvalue weighted by Crippen LogP contribution is -2.39. The highest BCUT2D eigenvalue weighted by Crippen LogP contribution is 2.16. The van der Waals surface area contributed by atoms with Crippen molar-refractivity contribution in [2.24, 2.45) is 0 Å². The predicted molar refractivity (Wildman–Crippen MR) is 78.2 cm³/mol. The fourth-order valence-electron chi connectivity index (χ4n) is 3.23. The van der Waals surface area contributed by atoms with E-state index in [-0.39, 0.29) is 5.91 Å². The summed E-state index contributed by atoms with van der Waals surface area (Å²) in [4.78, 5) is 14.3. The molecule has 0 bridgehead atoms. The van der Waals surface area contributed by atoms with Gasteiger partial charge in [-0.25, -0.2) is 0 Å². The highest BCUT2D eigenvalue weighted by Gasteiger charge is 2.18. The first-order valence-corrected chi connectivity index (χ1v) is 8.00. The molecule has 0 aromatic heterocycles. The van der Waals surface area contributed by atoms with Crippen molar-refractivity contribution < 1.29 is 4.79 Å². The summed E-state index contributed by atoms with van der Waals surface area (Å²) in [6, 6.07) is 1.15. The topological polar surface area (TPSA) is 44.4 Å². The summed E-state index contributed by atoms with van der Waals surface area (Å²) in [5, 5.41) is 6.42. The number of amides is 1. The second-order valence-electron chi connectivity index (χ2n) is 6.08. The van der Waals surface area contributed by atoms with E-state index in [2.05, 4.69) is 22.5 Å². The number of nitrogens with zero attached hydrogens (tertiary/aromatic N) is 1. The highest BCUT2D eigenvalue weighted by molar-refractivity contribution is 5.76. The standard InChI is InChI=1S/C15H29N3O/c1-13-6-2-3-10-18(13)11-5-9-17-15(19)12-14-7-4-8-16-14/h13-14,16H,2-12H2,1H3,(H,17,19). The van der Waals surface area contributed by atoms with Crippen LogP contribution in [0.25, 0.3) is 0 Å². The molecular weight excluding hydrogens is 238 g/mol. The van der Waals surface area contributed by atoms with Gasteiger partial charge in [0.15, 0.2) is 0 Å². The van der Waals surface area contributed by atoms with Crippen LogP contribution < -0.4 is 10.6 Å². The van der Waals surface area contributed by atoms with Gasteiger partial charge in [0, 0.05) is 31.6 Å². The van der Waals surface area contributed by atoms with Crippen LogP contribution in [0.2, 0.25) is 0 Å². The van der Waals surface area contributed by atoms with Gasteiger partial charge in [0.2, 0.25) is 5.91 Å². The van der Waals surface area contributed by atoms with Gasteiger partial charge < -0.3 is 15.5 Å². The quantitative estimate of drug-likeness (QED) is 0.717. The van der Waals surface area contributed by atoms with Crippen molar-refractivity contribution in [2.75, 3.05) is 26.2 Å². The van der Waals surface area contributed by atoms with Gasteiger partial charge >= 0.3 is 0 Å². The largest absolute Gasteiger partial charge is 0.356 e. The zero-order valence-corrected chi connectivity index (χ0v) is 12.3. The smallest absolute Gasteiger partial charge is 0.221 e. The molecule has 2 heterocycles. The molecular formula is C15H29N3O. The van der Waals surface area contributed by atoms with Crippen molar-refractivity contribution >= 4 is 5.91 Å². The Hall–Kier alpha value is -0.610. The molecule has 0 aromatic carbocycles. The summed E-state index contributed by atoms with van der Waals surface area (Å²) in [6.45, 7) is 6.59. The van der Waals surface area contributed by atoms with Crippen molar-refractivity contribution in [3.8, 4) is 0 Å². The Bertz CT molecular complexity index is 277. The third kappa shape index (κ3) is 5.11. The lowest BCUT2D eigenvalue weighted by Gasteiger charge is -2.33. The lowest BCUT2D eigenvalue weighted by atomic mass is 10.0. The molecule has 0 radical (unpaired) electrons. The van der Waals surface area contributed by atoms with Crippen LogP contribution >= 0.6 is 0 Å². The van der Waals surface area contributed by atoms with Crippen LogP contribution in [-0.2, 0) is 4.79 Å². The SMILES string of the molecule is CC1CCCCN1CCCNC(=O)CC1CCCN1. The Morgan fingerprint density at radius 3 is 2.95 bits per heavy atom. The minimum Gasteiger partial charge on any atom is -0.356 e. The van der Waals surface area contributed by atoms with E-state index in [1.807, 2.05) is 0 Å². The molecule has 0 aliphatic carbocycles. The van der Waals surface area contributed by atoms with Gasteiger partial charge in [-0.2, -0.15) is 0 Å². The van der Waals surface area contributed by atoms with Crippen molar-refractivity contribution in [1.82, 2.24) is 15.5 Å². The lowest BCUT2D eigenvalue weighted by molar-refractivity contribution is -0.121. The Morgan fingerprint density at radius 2 is 2.21 bits per heavy atom. The zero-order chi connectivity index (χ0) is 13.5. The minimum atomic E-state index is 0.214. The van der Waals surface area contributed by atoms with Crippen LogP contribution in [-0.4, -0.2) is 49.1 Å². The summed E-state index contributed by atoms with van der Waals surface area (Å²) < 4.78 is 0. The molecule has 110 valence electrons. The molecule has 4 nitrogen and oxygen atoms in total. The van der Waals surface area contributed by atoms with Crippen LogP contribution in [0.15, 0.2) is 0 Å². The van der Waals surface area contributed by atoms with E-state index in [0.717, 1.165) is 38.5 Å². The molecule has 2 fully saturated rings. The van der Waals surface area contributed by atoms with Gasteiger partial charge in [-0.05, 0) is 52.1 Å². The number of likely N-dealkylation sites (tertiary alicyclic amines) is 1. The Balaban J connectivity index is 1.52. The highest BCUT2D eigenvalue weighted by atomic mass is 16.1. The number of carbonyl (C=O) groups is 1. The second-order valence-corrected chi connectivity index (χ2v) is 6.08. The molecule has 2 rings (SSSR count). The number of hydrogen-bond acceptors (Lipinski definition) is 3. The molecule has 2 atom stereocenters. The van der Waals surface area contributed by atoms with Crippen molar-refractivity contribution in [2.45, 2.75) is 64.0 Å². The number of piperidine rings is 1. The molecule has 4 heteroatoms. The molecule has 0 saturated carbocycles. The maximum absolute atomic E-state index is 11.7. The molecule has 2 saturated heterocycles. The summed E-state index contributed by atoms with van der Waals surface area (Å²) in [7, 11) is 0. The Labute approximate surface area is 117 Å². The van der Waals surface area contributed by atoms with E-state index >= 15 is 0 Å². The average Bonchev–Trinajstić information content (AvgIpc) is 2.89. The van der Waals surface area contributed by atoms with Crippen LogP contribution in [0.1, 0.15) is 51.9 Å². The second kappa shape index (κ2) is 7.85. The summed E-state index contributed by atoms with van der Waals surface area (Å²) in [5.74, 6) is 0.214. The van der Waals surface area contributed by atoms with Crippen molar-refractivity contribution in [3.05, 3.63) is 0 Å².